The molecule has 0 aromatic heterocycles. The molecule has 2 aliphatic heterocycles. The molecule has 1 aromatic carbocycles. The van der Waals surface area contributed by atoms with Crippen molar-refractivity contribution >= 4 is 23.6 Å². The summed E-state index contributed by atoms with van der Waals surface area (Å²) >= 11 is 1.71. The molecule has 5 nitrogen and oxygen atoms in total. The second-order valence-electron chi connectivity index (χ2n) is 6.02. The number of carbonyl (C=O) groups excluding carboxylic acids is 1. The van der Waals surface area contributed by atoms with Gasteiger partial charge in [0, 0.05) is 17.2 Å². The second kappa shape index (κ2) is 5.74. The van der Waals surface area contributed by atoms with Crippen LogP contribution in [0.2, 0.25) is 0 Å². The summed E-state index contributed by atoms with van der Waals surface area (Å²) in [5, 5.41) is 9.29. The van der Waals surface area contributed by atoms with Gasteiger partial charge in [-0.25, -0.2) is 4.99 Å². The number of nitriles is 1. The number of amides is 1. The molecule has 0 radical (unpaired) electrons. The van der Waals surface area contributed by atoms with E-state index in [1.54, 1.807) is 24.9 Å². The molecular weight excluding hydrogens is 308 g/mol. The fourth-order valence-electron chi connectivity index (χ4n) is 2.87. The highest BCUT2D eigenvalue weighted by molar-refractivity contribution is 8.03. The zero-order chi connectivity index (χ0) is 16.6. The Kier molecular flexibility index (Phi) is 3.90. The van der Waals surface area contributed by atoms with E-state index < -0.39 is 5.54 Å². The van der Waals surface area contributed by atoms with E-state index in [0.29, 0.717) is 12.0 Å². The summed E-state index contributed by atoms with van der Waals surface area (Å²) < 4.78 is 0. The maximum absolute atomic E-state index is 12.1. The Morgan fingerprint density at radius 1 is 1.52 bits per heavy atom. The maximum atomic E-state index is 12.1. The molecular formula is C17H18N4OS. The molecule has 0 aliphatic carbocycles. The van der Waals surface area contributed by atoms with Crippen molar-refractivity contribution in [3.05, 3.63) is 46.4 Å². The quantitative estimate of drug-likeness (QED) is 0.905. The van der Waals surface area contributed by atoms with Crippen molar-refractivity contribution in [3.63, 3.8) is 0 Å². The lowest BCUT2D eigenvalue weighted by Crippen LogP contribution is -2.48. The van der Waals surface area contributed by atoms with Gasteiger partial charge in [-0.1, -0.05) is 18.2 Å². The van der Waals surface area contributed by atoms with Crippen LogP contribution in [0.1, 0.15) is 36.1 Å². The van der Waals surface area contributed by atoms with Gasteiger partial charge >= 0.3 is 0 Å². The van der Waals surface area contributed by atoms with E-state index in [4.69, 9.17) is 11.0 Å². The molecule has 1 aromatic rings. The molecule has 0 bridgehead atoms. The Morgan fingerprint density at radius 2 is 2.30 bits per heavy atom. The first kappa shape index (κ1) is 15.6. The van der Waals surface area contributed by atoms with Crippen LogP contribution in [0, 0.1) is 11.3 Å². The van der Waals surface area contributed by atoms with Crippen LogP contribution >= 0.6 is 11.8 Å². The molecule has 1 unspecified atom stereocenters. The zero-order valence-electron chi connectivity index (χ0n) is 13.1. The third kappa shape index (κ3) is 2.84. The molecule has 3 rings (SSSR count). The van der Waals surface area contributed by atoms with E-state index in [9.17, 15) is 4.79 Å². The number of aliphatic imine (C=N–C) groups is 1. The monoisotopic (exact) mass is 326 g/mol. The first-order valence-corrected chi connectivity index (χ1v) is 8.30. The highest BCUT2D eigenvalue weighted by Gasteiger charge is 2.40. The van der Waals surface area contributed by atoms with E-state index in [-0.39, 0.29) is 17.1 Å². The number of nitrogens with two attached hydrogens (primary N) is 1. The van der Waals surface area contributed by atoms with Gasteiger partial charge in [-0.3, -0.25) is 9.69 Å². The molecule has 1 amide bonds. The van der Waals surface area contributed by atoms with Gasteiger partial charge in [-0.05, 0) is 31.0 Å². The van der Waals surface area contributed by atoms with Crippen molar-refractivity contribution < 1.29 is 4.79 Å². The van der Waals surface area contributed by atoms with Crippen LogP contribution in [0.25, 0.3) is 0 Å². The van der Waals surface area contributed by atoms with Crippen molar-refractivity contribution in [1.29, 1.82) is 5.26 Å². The summed E-state index contributed by atoms with van der Waals surface area (Å²) in [6.07, 6.45) is 3.33. The molecule has 6 heteroatoms. The first-order valence-electron chi connectivity index (χ1n) is 7.42. The van der Waals surface area contributed by atoms with Crippen molar-refractivity contribution in [2.45, 2.75) is 30.6 Å². The predicted octanol–water partition coefficient (Wildman–Crippen LogP) is 2.56. The van der Waals surface area contributed by atoms with E-state index in [1.165, 1.54) is 4.90 Å². The van der Waals surface area contributed by atoms with Crippen molar-refractivity contribution in [2.24, 2.45) is 10.7 Å². The molecule has 0 spiro atoms. The second-order valence-corrected chi connectivity index (χ2v) is 7.27. The minimum atomic E-state index is -0.583. The van der Waals surface area contributed by atoms with Crippen LogP contribution in [0.4, 0.5) is 0 Å². The lowest BCUT2D eigenvalue weighted by Gasteiger charge is -2.34. The number of thioether (sulfide) groups is 1. The molecule has 2 heterocycles. The summed E-state index contributed by atoms with van der Waals surface area (Å²) in [4.78, 5) is 19.1. The smallest absolute Gasteiger partial charge is 0.231 e. The third-order valence-electron chi connectivity index (χ3n) is 4.28. The minimum Gasteiger partial charge on any atom is -0.369 e. The molecule has 0 saturated heterocycles. The topological polar surface area (TPSA) is 82.5 Å². The fourth-order valence-corrected chi connectivity index (χ4v) is 4.22. The average molecular weight is 326 g/mol. The highest BCUT2D eigenvalue weighted by Crippen LogP contribution is 2.50. The van der Waals surface area contributed by atoms with E-state index in [1.807, 2.05) is 25.1 Å². The van der Waals surface area contributed by atoms with Crippen molar-refractivity contribution in [2.75, 3.05) is 7.05 Å². The van der Waals surface area contributed by atoms with Crippen LogP contribution < -0.4 is 5.73 Å². The van der Waals surface area contributed by atoms with Crippen LogP contribution in [0.15, 0.2) is 40.2 Å². The molecule has 118 valence electrons. The normalized spacial score (nSPS) is 27.4. The van der Waals surface area contributed by atoms with Crippen molar-refractivity contribution in [1.82, 2.24) is 4.90 Å². The Labute approximate surface area is 139 Å². The van der Waals surface area contributed by atoms with Gasteiger partial charge in [-0.15, -0.1) is 11.8 Å². The fraction of sp³-hybridized carbons (Fsp3) is 0.353. The number of hydrogen-bond donors (Lipinski definition) is 1. The SMILES string of the molecule is CN1C(=O)C[C@@](C)(C2=CCC(c3cccc(C#N)c3)S2)N=C1N. The lowest BCUT2D eigenvalue weighted by molar-refractivity contribution is -0.128. The van der Waals surface area contributed by atoms with Gasteiger partial charge in [0.1, 0.15) is 5.54 Å². The number of benzene rings is 1. The zero-order valence-corrected chi connectivity index (χ0v) is 13.9. The number of allylic oxidation sites excluding steroid dienone is 1. The van der Waals surface area contributed by atoms with Gasteiger partial charge in [-0.2, -0.15) is 5.26 Å². The molecule has 23 heavy (non-hydrogen) atoms. The summed E-state index contributed by atoms with van der Waals surface area (Å²) in [6.45, 7) is 1.96. The molecule has 2 aliphatic rings. The standard InChI is InChI=1S/C17H18N4OS/c1-17(9-15(22)21(2)16(19)20-17)14-7-6-13(23-14)12-5-3-4-11(8-12)10-18/h3-5,7-8,13H,6,9H2,1-2H3,(H2,19,20)/t13?,17-/m0/s1. The van der Waals surface area contributed by atoms with Crippen LogP contribution in [0.5, 0.6) is 0 Å². The largest absolute Gasteiger partial charge is 0.369 e. The Bertz CT molecular complexity index is 764. The maximum Gasteiger partial charge on any atom is 0.231 e. The molecule has 2 N–H and O–H groups in total. The van der Waals surface area contributed by atoms with Crippen molar-refractivity contribution in [3.8, 4) is 6.07 Å². The van der Waals surface area contributed by atoms with E-state index in [2.05, 4.69) is 17.1 Å². The van der Waals surface area contributed by atoms with E-state index in [0.717, 1.165) is 16.9 Å². The minimum absolute atomic E-state index is 0.0172. The summed E-state index contributed by atoms with van der Waals surface area (Å²) in [5.41, 5.74) is 7.09. The van der Waals surface area contributed by atoms with Crippen LogP contribution in [-0.2, 0) is 4.79 Å². The average Bonchev–Trinajstić information content (AvgIpc) is 3.03. The predicted molar refractivity (Wildman–Crippen MR) is 91.6 cm³/mol. The molecule has 2 atom stereocenters. The van der Waals surface area contributed by atoms with E-state index >= 15 is 0 Å². The van der Waals surface area contributed by atoms with Crippen LogP contribution in [-0.4, -0.2) is 29.4 Å². The number of carbonyl (C=O) groups is 1. The van der Waals surface area contributed by atoms with Crippen LogP contribution in [0.3, 0.4) is 0 Å². The lowest BCUT2D eigenvalue weighted by atomic mass is 9.94. The van der Waals surface area contributed by atoms with Gasteiger partial charge < -0.3 is 5.73 Å². The molecule has 0 fully saturated rings. The van der Waals surface area contributed by atoms with Gasteiger partial charge in [0.25, 0.3) is 0 Å². The van der Waals surface area contributed by atoms with Gasteiger partial charge in [0.05, 0.1) is 18.1 Å². The Balaban J connectivity index is 1.82. The summed E-state index contributed by atoms with van der Waals surface area (Å²) in [6, 6.07) is 9.85. The third-order valence-corrected chi connectivity index (χ3v) is 5.89. The summed E-state index contributed by atoms with van der Waals surface area (Å²) in [7, 11) is 1.65. The highest BCUT2D eigenvalue weighted by atomic mass is 32.2. The first-order chi connectivity index (χ1) is 10.9. The molecule has 0 saturated carbocycles. The summed E-state index contributed by atoms with van der Waals surface area (Å²) in [5.74, 6) is 0.247. The number of rotatable bonds is 2. The van der Waals surface area contributed by atoms with Gasteiger partial charge in [0.15, 0.2) is 5.96 Å². The number of nitrogens with zero attached hydrogens (tertiary/aromatic N) is 3. The Hall–Kier alpha value is -2.26. The number of guanidine groups is 1. The Morgan fingerprint density at radius 3 is 3.00 bits per heavy atom. The number of hydrogen-bond acceptors (Lipinski definition) is 5. The van der Waals surface area contributed by atoms with Gasteiger partial charge in [0.2, 0.25) is 5.91 Å².